The molecule has 2 heterocycles. The van der Waals surface area contributed by atoms with Crippen molar-refractivity contribution in [3.63, 3.8) is 0 Å². The van der Waals surface area contributed by atoms with Crippen molar-refractivity contribution >= 4 is 17.9 Å². The van der Waals surface area contributed by atoms with Crippen LogP contribution in [0, 0.1) is 11.3 Å². The highest BCUT2D eigenvalue weighted by atomic mass is 32.2. The summed E-state index contributed by atoms with van der Waals surface area (Å²) in [7, 11) is 0. The average molecular weight is 520 g/mol. The molecular weight excluding hydrogens is 491 g/mol. The van der Waals surface area contributed by atoms with E-state index in [2.05, 4.69) is 11.0 Å². The van der Waals surface area contributed by atoms with Crippen LogP contribution in [0.1, 0.15) is 42.1 Å². The van der Waals surface area contributed by atoms with Crippen LogP contribution < -0.4 is 4.74 Å². The van der Waals surface area contributed by atoms with Gasteiger partial charge in [-0.3, -0.25) is 4.90 Å². The standard InChI is InChI=1S/C26H28F3N3O3S/c1-36-18-32-17-25(35-24(32)33)9-12-31(13-10-25)11-8-23(34-22-7-2-4-19(14-22)16-30)20-5-3-6-21(15-20)26(27,28)29/h2-7,14-15,23H,8-13,17-18H2,1H3. The van der Waals surface area contributed by atoms with Crippen molar-refractivity contribution in [3.8, 4) is 11.8 Å². The Morgan fingerprint density at radius 3 is 2.64 bits per heavy atom. The fourth-order valence-electron chi connectivity index (χ4n) is 4.70. The van der Waals surface area contributed by atoms with E-state index in [1.54, 1.807) is 47.0 Å². The zero-order chi connectivity index (χ0) is 25.8. The average Bonchev–Trinajstić information content (AvgIpc) is 3.17. The molecule has 0 N–H and O–H groups in total. The monoisotopic (exact) mass is 519 g/mol. The number of carbonyl (C=O) groups is 1. The molecule has 2 saturated heterocycles. The maximum Gasteiger partial charge on any atom is 0.416 e. The minimum absolute atomic E-state index is 0.268. The van der Waals surface area contributed by atoms with E-state index < -0.39 is 23.4 Å². The minimum atomic E-state index is -4.45. The number of nitriles is 1. The molecule has 192 valence electrons. The first-order valence-electron chi connectivity index (χ1n) is 11.7. The molecule has 0 saturated carbocycles. The molecule has 10 heteroatoms. The van der Waals surface area contributed by atoms with Crippen molar-refractivity contribution in [3.05, 3.63) is 65.2 Å². The van der Waals surface area contributed by atoms with Crippen LogP contribution in [0.4, 0.5) is 18.0 Å². The van der Waals surface area contributed by atoms with Crippen LogP contribution in [0.15, 0.2) is 48.5 Å². The number of hydrogen-bond donors (Lipinski definition) is 0. The van der Waals surface area contributed by atoms with Crippen LogP contribution >= 0.6 is 11.8 Å². The molecule has 1 unspecified atom stereocenters. The summed E-state index contributed by atoms with van der Waals surface area (Å²) in [6.07, 6.45) is -1.52. The third-order valence-electron chi connectivity index (χ3n) is 6.63. The molecule has 2 aliphatic rings. The van der Waals surface area contributed by atoms with E-state index in [0.29, 0.717) is 55.1 Å². The van der Waals surface area contributed by atoms with Gasteiger partial charge in [0.05, 0.1) is 29.6 Å². The molecule has 6 nitrogen and oxygen atoms in total. The fourth-order valence-corrected chi connectivity index (χ4v) is 5.21. The predicted octanol–water partition coefficient (Wildman–Crippen LogP) is 5.69. The molecule has 0 aliphatic carbocycles. The largest absolute Gasteiger partial charge is 0.486 e. The van der Waals surface area contributed by atoms with E-state index >= 15 is 0 Å². The Labute approximate surface area is 213 Å². The van der Waals surface area contributed by atoms with E-state index in [4.69, 9.17) is 9.47 Å². The lowest BCUT2D eigenvalue weighted by molar-refractivity contribution is -0.137. The van der Waals surface area contributed by atoms with Crippen molar-refractivity contribution in [1.29, 1.82) is 5.26 Å². The van der Waals surface area contributed by atoms with E-state index in [9.17, 15) is 23.2 Å². The summed E-state index contributed by atoms with van der Waals surface area (Å²) in [5.41, 5.74) is -0.341. The van der Waals surface area contributed by atoms with Gasteiger partial charge in [-0.1, -0.05) is 18.2 Å². The van der Waals surface area contributed by atoms with Crippen molar-refractivity contribution in [2.24, 2.45) is 0 Å². The van der Waals surface area contributed by atoms with Gasteiger partial charge in [0.15, 0.2) is 0 Å². The number of piperidine rings is 1. The molecule has 2 aromatic carbocycles. The third-order valence-corrected chi connectivity index (χ3v) is 7.20. The van der Waals surface area contributed by atoms with Crippen molar-refractivity contribution in [2.75, 3.05) is 38.3 Å². The summed E-state index contributed by atoms with van der Waals surface area (Å²) in [6.45, 7) is 2.64. The molecular formula is C26H28F3N3O3S. The topological polar surface area (TPSA) is 65.8 Å². The van der Waals surface area contributed by atoms with Crippen molar-refractivity contribution in [2.45, 2.75) is 37.1 Å². The van der Waals surface area contributed by atoms with Gasteiger partial charge in [-0.2, -0.15) is 18.4 Å². The number of rotatable bonds is 8. The Kier molecular flexibility index (Phi) is 8.00. The molecule has 36 heavy (non-hydrogen) atoms. The first-order valence-corrected chi connectivity index (χ1v) is 13.1. The van der Waals surface area contributed by atoms with E-state index in [-0.39, 0.29) is 6.09 Å². The number of thioether (sulfide) groups is 1. The van der Waals surface area contributed by atoms with Gasteiger partial charge in [-0.25, -0.2) is 4.79 Å². The lowest BCUT2D eigenvalue weighted by Crippen LogP contribution is -2.47. The first-order chi connectivity index (χ1) is 17.2. The Morgan fingerprint density at radius 1 is 1.19 bits per heavy atom. The second-order valence-electron chi connectivity index (χ2n) is 9.17. The highest BCUT2D eigenvalue weighted by molar-refractivity contribution is 7.98. The summed E-state index contributed by atoms with van der Waals surface area (Å²) in [5.74, 6) is 1.04. The van der Waals surface area contributed by atoms with Gasteiger partial charge >= 0.3 is 12.3 Å². The van der Waals surface area contributed by atoms with Gasteiger partial charge in [0, 0.05) is 38.9 Å². The van der Waals surface area contributed by atoms with E-state index in [1.165, 1.54) is 6.07 Å². The highest BCUT2D eigenvalue weighted by Crippen LogP contribution is 2.36. The second-order valence-corrected chi connectivity index (χ2v) is 10.0. The van der Waals surface area contributed by atoms with Crippen LogP contribution in [-0.4, -0.2) is 59.8 Å². The van der Waals surface area contributed by atoms with Crippen LogP contribution in [0.3, 0.4) is 0 Å². The number of amides is 1. The number of halogens is 3. The number of benzene rings is 2. The first kappa shape index (κ1) is 26.2. The Balaban J connectivity index is 1.44. The molecule has 2 aromatic rings. The van der Waals surface area contributed by atoms with Gasteiger partial charge in [-0.15, -0.1) is 11.8 Å². The molecule has 1 amide bonds. The number of carbonyl (C=O) groups excluding carboxylic acids is 1. The summed E-state index contributed by atoms with van der Waals surface area (Å²) in [4.78, 5) is 16.1. The zero-order valence-corrected chi connectivity index (χ0v) is 20.8. The maximum absolute atomic E-state index is 13.4. The number of alkyl halides is 3. The van der Waals surface area contributed by atoms with Gasteiger partial charge in [0.2, 0.25) is 0 Å². The fraction of sp³-hybridized carbons (Fsp3) is 0.462. The molecule has 0 radical (unpaired) electrons. The summed E-state index contributed by atoms with van der Waals surface area (Å²) in [6, 6.07) is 13.9. The van der Waals surface area contributed by atoms with Crippen molar-refractivity contribution in [1.82, 2.24) is 9.80 Å². The summed E-state index contributed by atoms with van der Waals surface area (Å²) in [5, 5.41) is 9.19. The van der Waals surface area contributed by atoms with Gasteiger partial charge in [0.1, 0.15) is 17.5 Å². The minimum Gasteiger partial charge on any atom is -0.486 e. The quantitative estimate of drug-likeness (QED) is 0.446. The number of ether oxygens (including phenoxy) is 2. The molecule has 4 rings (SSSR count). The zero-order valence-electron chi connectivity index (χ0n) is 20.0. The summed E-state index contributed by atoms with van der Waals surface area (Å²) >= 11 is 1.58. The van der Waals surface area contributed by atoms with Crippen LogP contribution in [0.5, 0.6) is 5.75 Å². The van der Waals surface area contributed by atoms with Crippen molar-refractivity contribution < 1.29 is 27.4 Å². The maximum atomic E-state index is 13.4. The molecule has 1 spiro atoms. The lowest BCUT2D eigenvalue weighted by atomic mass is 9.91. The van der Waals surface area contributed by atoms with E-state index in [1.807, 2.05) is 6.26 Å². The van der Waals surface area contributed by atoms with Crippen LogP contribution in [-0.2, 0) is 10.9 Å². The Bertz CT molecular complexity index is 1110. The van der Waals surface area contributed by atoms with Crippen LogP contribution in [0.25, 0.3) is 0 Å². The predicted molar refractivity (Wildman–Crippen MR) is 131 cm³/mol. The lowest BCUT2D eigenvalue weighted by Gasteiger charge is -2.37. The number of nitrogens with zero attached hydrogens (tertiary/aromatic N) is 3. The highest BCUT2D eigenvalue weighted by Gasteiger charge is 2.46. The van der Waals surface area contributed by atoms with E-state index in [0.717, 1.165) is 25.2 Å². The Hall–Kier alpha value is -2.90. The van der Waals surface area contributed by atoms with Gasteiger partial charge < -0.3 is 14.4 Å². The van der Waals surface area contributed by atoms with Gasteiger partial charge in [0.25, 0.3) is 0 Å². The molecule has 0 aromatic heterocycles. The molecule has 0 bridgehead atoms. The number of likely N-dealkylation sites (tertiary alicyclic amines) is 1. The molecule has 2 aliphatic heterocycles. The smallest absolute Gasteiger partial charge is 0.416 e. The normalized spacial score (nSPS) is 18.6. The molecule has 2 fully saturated rings. The molecule has 1 atom stereocenters. The number of hydrogen-bond acceptors (Lipinski definition) is 6. The third kappa shape index (κ3) is 6.26. The summed E-state index contributed by atoms with van der Waals surface area (Å²) < 4.78 is 51.9. The van der Waals surface area contributed by atoms with Crippen LogP contribution in [0.2, 0.25) is 0 Å². The van der Waals surface area contributed by atoms with Gasteiger partial charge in [-0.05, 0) is 42.2 Å². The SMILES string of the molecule is CSCN1CC2(CCN(CCC(Oc3cccc(C#N)c3)c3cccc(C(F)(F)F)c3)CC2)OC1=O. The Morgan fingerprint density at radius 2 is 1.94 bits per heavy atom. The second kappa shape index (κ2) is 11.0.